The summed E-state index contributed by atoms with van der Waals surface area (Å²) in [6.07, 6.45) is 3.92. The van der Waals surface area contributed by atoms with Gasteiger partial charge in [0.15, 0.2) is 10.9 Å². The van der Waals surface area contributed by atoms with E-state index in [2.05, 4.69) is 4.90 Å². The number of piperidine rings is 1. The average Bonchev–Trinajstić information content (AvgIpc) is 3.40. The van der Waals surface area contributed by atoms with Crippen molar-refractivity contribution >= 4 is 22.7 Å². The SMILES string of the molecule is CC(=O)SCC1CCCN(C(C(=O)C2CC2)c2ccccc2F)C1. The molecular weight excluding hydrogens is 325 g/mol. The van der Waals surface area contributed by atoms with Gasteiger partial charge in [0.05, 0.1) is 6.04 Å². The van der Waals surface area contributed by atoms with Crippen molar-refractivity contribution in [1.29, 1.82) is 0 Å². The summed E-state index contributed by atoms with van der Waals surface area (Å²) in [4.78, 5) is 26.2. The summed E-state index contributed by atoms with van der Waals surface area (Å²) in [5.41, 5.74) is 0.509. The molecule has 1 aromatic carbocycles. The Balaban J connectivity index is 1.78. The van der Waals surface area contributed by atoms with Gasteiger partial charge in [-0.2, -0.15) is 0 Å². The maximum Gasteiger partial charge on any atom is 0.185 e. The number of rotatable bonds is 6. The molecule has 2 unspecified atom stereocenters. The monoisotopic (exact) mass is 349 g/mol. The van der Waals surface area contributed by atoms with Crippen LogP contribution in [0.4, 0.5) is 4.39 Å². The van der Waals surface area contributed by atoms with E-state index in [0.29, 0.717) is 11.5 Å². The Morgan fingerprint density at radius 3 is 2.71 bits per heavy atom. The van der Waals surface area contributed by atoms with E-state index >= 15 is 0 Å². The number of nitrogens with zero attached hydrogens (tertiary/aromatic N) is 1. The third kappa shape index (κ3) is 4.25. The maximum absolute atomic E-state index is 14.4. The van der Waals surface area contributed by atoms with Gasteiger partial charge in [-0.25, -0.2) is 4.39 Å². The van der Waals surface area contributed by atoms with Crippen LogP contribution in [0.15, 0.2) is 24.3 Å². The van der Waals surface area contributed by atoms with Gasteiger partial charge in [-0.3, -0.25) is 14.5 Å². The Hall–Kier alpha value is -1.20. The zero-order valence-electron chi connectivity index (χ0n) is 14.0. The van der Waals surface area contributed by atoms with Crippen LogP contribution in [0, 0.1) is 17.7 Å². The van der Waals surface area contributed by atoms with Gasteiger partial charge in [-0.1, -0.05) is 30.0 Å². The maximum atomic E-state index is 14.4. The van der Waals surface area contributed by atoms with Crippen molar-refractivity contribution in [3.63, 3.8) is 0 Å². The van der Waals surface area contributed by atoms with Crippen LogP contribution in [-0.4, -0.2) is 34.6 Å². The van der Waals surface area contributed by atoms with Crippen LogP contribution in [-0.2, 0) is 9.59 Å². The number of Topliss-reactive ketones (excluding diaryl/α,β-unsaturated/α-hetero) is 1. The van der Waals surface area contributed by atoms with Gasteiger partial charge in [-0.05, 0) is 44.2 Å². The highest BCUT2D eigenvalue weighted by Crippen LogP contribution is 2.39. The molecule has 1 saturated carbocycles. The van der Waals surface area contributed by atoms with Gasteiger partial charge >= 0.3 is 0 Å². The largest absolute Gasteiger partial charge is 0.297 e. The lowest BCUT2D eigenvalue weighted by molar-refractivity contribution is -0.126. The van der Waals surface area contributed by atoms with Gasteiger partial charge < -0.3 is 0 Å². The molecule has 2 atom stereocenters. The number of thioether (sulfide) groups is 1. The molecule has 1 saturated heterocycles. The van der Waals surface area contributed by atoms with Gasteiger partial charge in [-0.15, -0.1) is 0 Å². The fraction of sp³-hybridized carbons (Fsp3) is 0.579. The zero-order valence-corrected chi connectivity index (χ0v) is 14.9. The Kier molecular flexibility index (Phi) is 5.72. The standard InChI is InChI=1S/C19H24FNO2S/c1-13(22)24-12-14-5-4-10-21(11-14)18(19(23)15-8-9-15)16-6-2-3-7-17(16)20/h2-3,6-7,14-15,18H,4-5,8-12H2,1H3. The van der Waals surface area contributed by atoms with Crippen molar-refractivity contribution < 1.29 is 14.0 Å². The van der Waals surface area contributed by atoms with Crippen LogP contribution in [0.1, 0.15) is 44.2 Å². The molecule has 0 bridgehead atoms. The van der Waals surface area contributed by atoms with Crippen molar-refractivity contribution in [2.45, 2.75) is 38.6 Å². The van der Waals surface area contributed by atoms with E-state index in [1.54, 1.807) is 25.1 Å². The van der Waals surface area contributed by atoms with Crippen LogP contribution in [0.2, 0.25) is 0 Å². The number of hydrogen-bond acceptors (Lipinski definition) is 4. The lowest BCUT2D eigenvalue weighted by Gasteiger charge is -2.38. The summed E-state index contributed by atoms with van der Waals surface area (Å²) < 4.78 is 14.4. The van der Waals surface area contributed by atoms with Crippen LogP contribution in [0.3, 0.4) is 0 Å². The van der Waals surface area contributed by atoms with Crippen LogP contribution < -0.4 is 0 Å². The minimum absolute atomic E-state index is 0.0987. The van der Waals surface area contributed by atoms with Gasteiger partial charge in [0.2, 0.25) is 0 Å². The number of hydrogen-bond donors (Lipinski definition) is 0. The third-order valence-corrected chi connectivity index (χ3v) is 5.93. The van der Waals surface area contributed by atoms with Crippen molar-refractivity contribution in [2.24, 2.45) is 11.8 Å². The van der Waals surface area contributed by atoms with E-state index in [9.17, 15) is 14.0 Å². The molecule has 1 heterocycles. The molecule has 0 aromatic heterocycles. The second-order valence-electron chi connectivity index (χ2n) is 6.91. The minimum Gasteiger partial charge on any atom is -0.297 e. The fourth-order valence-corrected chi connectivity index (χ4v) is 4.26. The number of carbonyl (C=O) groups is 2. The molecule has 0 radical (unpaired) electrons. The molecule has 3 nitrogen and oxygen atoms in total. The Morgan fingerprint density at radius 2 is 2.04 bits per heavy atom. The smallest absolute Gasteiger partial charge is 0.185 e. The Bertz CT molecular complexity index is 617. The summed E-state index contributed by atoms with van der Waals surface area (Å²) in [7, 11) is 0. The van der Waals surface area contributed by atoms with E-state index in [4.69, 9.17) is 0 Å². The molecule has 1 aliphatic heterocycles. The first kappa shape index (κ1) is 17.6. The molecule has 2 fully saturated rings. The van der Waals surface area contributed by atoms with Crippen molar-refractivity contribution in [3.8, 4) is 0 Å². The number of halogens is 1. The normalized spacial score (nSPS) is 23.0. The number of carbonyl (C=O) groups excluding carboxylic acids is 2. The lowest BCUT2D eigenvalue weighted by atomic mass is 9.92. The number of benzene rings is 1. The highest BCUT2D eigenvalue weighted by Gasteiger charge is 2.40. The minimum atomic E-state index is -0.469. The summed E-state index contributed by atoms with van der Waals surface area (Å²) >= 11 is 1.35. The summed E-state index contributed by atoms with van der Waals surface area (Å²) in [6.45, 7) is 3.17. The molecule has 1 aromatic rings. The molecular formula is C19H24FNO2S. The third-order valence-electron chi connectivity index (χ3n) is 4.89. The molecule has 0 N–H and O–H groups in total. The average molecular weight is 349 g/mol. The summed E-state index contributed by atoms with van der Waals surface area (Å²) in [6, 6.07) is 6.19. The van der Waals surface area contributed by atoms with E-state index in [-0.39, 0.29) is 22.6 Å². The quantitative estimate of drug-likeness (QED) is 0.782. The van der Waals surface area contributed by atoms with Crippen molar-refractivity contribution in [1.82, 2.24) is 4.90 Å². The van der Waals surface area contributed by atoms with Crippen molar-refractivity contribution in [3.05, 3.63) is 35.6 Å². The van der Waals surface area contributed by atoms with Gasteiger partial charge in [0.1, 0.15) is 5.82 Å². The molecule has 130 valence electrons. The van der Waals surface area contributed by atoms with E-state index < -0.39 is 6.04 Å². The summed E-state index contributed by atoms with van der Waals surface area (Å²) in [5, 5.41) is 0.131. The van der Waals surface area contributed by atoms with E-state index in [1.807, 2.05) is 0 Å². The molecule has 3 rings (SSSR count). The highest BCUT2D eigenvalue weighted by molar-refractivity contribution is 8.13. The fourth-order valence-electron chi connectivity index (χ4n) is 3.52. The van der Waals surface area contributed by atoms with Gasteiger partial charge in [0, 0.05) is 30.7 Å². The highest BCUT2D eigenvalue weighted by atomic mass is 32.2. The Labute approximate surface area is 147 Å². The number of ketones is 1. The topological polar surface area (TPSA) is 37.4 Å². The summed E-state index contributed by atoms with van der Waals surface area (Å²) in [5.74, 6) is 1.14. The lowest BCUT2D eigenvalue weighted by Crippen LogP contribution is -2.42. The second-order valence-corrected chi connectivity index (χ2v) is 8.10. The van der Waals surface area contributed by atoms with Crippen LogP contribution >= 0.6 is 11.8 Å². The second kappa shape index (κ2) is 7.79. The molecule has 1 aliphatic carbocycles. The molecule has 0 spiro atoms. The van der Waals surface area contributed by atoms with Crippen LogP contribution in [0.5, 0.6) is 0 Å². The predicted octanol–water partition coefficient (Wildman–Crippen LogP) is 3.84. The molecule has 2 aliphatic rings. The Morgan fingerprint density at radius 1 is 1.29 bits per heavy atom. The first-order chi connectivity index (χ1) is 11.6. The zero-order chi connectivity index (χ0) is 17.1. The molecule has 0 amide bonds. The van der Waals surface area contributed by atoms with E-state index in [0.717, 1.165) is 44.5 Å². The van der Waals surface area contributed by atoms with E-state index in [1.165, 1.54) is 17.8 Å². The number of likely N-dealkylation sites (tertiary alicyclic amines) is 1. The first-order valence-electron chi connectivity index (χ1n) is 8.72. The van der Waals surface area contributed by atoms with Gasteiger partial charge in [0.25, 0.3) is 0 Å². The molecule has 24 heavy (non-hydrogen) atoms. The first-order valence-corrected chi connectivity index (χ1v) is 9.70. The van der Waals surface area contributed by atoms with Crippen molar-refractivity contribution in [2.75, 3.05) is 18.8 Å². The van der Waals surface area contributed by atoms with Crippen LogP contribution in [0.25, 0.3) is 0 Å². The predicted molar refractivity (Wildman–Crippen MR) is 94.3 cm³/mol. The molecule has 5 heteroatoms.